The highest BCUT2D eigenvalue weighted by Crippen LogP contribution is 2.70. The Kier molecular flexibility index (Phi) is 7.54. The van der Waals surface area contributed by atoms with Gasteiger partial charge in [0.1, 0.15) is 47.2 Å². The first-order chi connectivity index (χ1) is 27.0. The van der Waals surface area contributed by atoms with E-state index >= 15 is 0 Å². The van der Waals surface area contributed by atoms with Crippen molar-refractivity contribution < 1.29 is 74.3 Å². The highest BCUT2D eigenvalue weighted by atomic mass is 16.6. The number of aliphatic hydroxyl groups is 2. The predicted molar refractivity (Wildman–Crippen MR) is 190 cm³/mol. The summed E-state index contributed by atoms with van der Waals surface area (Å²) in [6.45, 7) is 4.46. The summed E-state index contributed by atoms with van der Waals surface area (Å²) in [6, 6.07) is 1.60. The van der Waals surface area contributed by atoms with Crippen molar-refractivity contribution in [1.29, 1.82) is 0 Å². The van der Waals surface area contributed by atoms with Crippen LogP contribution in [0.15, 0.2) is 24.3 Å². The minimum absolute atomic E-state index is 0.00725. The Bertz CT molecular complexity index is 2380. The van der Waals surface area contributed by atoms with Gasteiger partial charge in [0, 0.05) is 47.3 Å². The minimum atomic E-state index is -1.97. The molecule has 1 spiro atoms. The fourth-order valence-corrected chi connectivity index (χ4v) is 10.8. The first-order valence-corrected chi connectivity index (χ1v) is 18.6. The Balaban J connectivity index is 1.40. The zero-order valence-electron chi connectivity index (χ0n) is 30.8. The van der Waals surface area contributed by atoms with E-state index in [4.69, 9.17) is 9.47 Å². The molecule has 4 fully saturated rings. The van der Waals surface area contributed by atoms with Gasteiger partial charge in [-0.15, -0.1) is 0 Å². The summed E-state index contributed by atoms with van der Waals surface area (Å²) < 4.78 is 13.5. The van der Waals surface area contributed by atoms with Gasteiger partial charge in [0.25, 0.3) is 0 Å². The van der Waals surface area contributed by atoms with Gasteiger partial charge >= 0.3 is 29.8 Å². The number of ether oxygens (including phenoxy) is 2. The number of phenols is 2. The highest BCUT2D eigenvalue weighted by molar-refractivity contribution is 5.99. The summed E-state index contributed by atoms with van der Waals surface area (Å²) in [6.07, 6.45) is -2.02. The summed E-state index contributed by atoms with van der Waals surface area (Å²) >= 11 is 0. The van der Waals surface area contributed by atoms with Crippen LogP contribution in [0.2, 0.25) is 0 Å². The molecule has 17 heteroatoms. The van der Waals surface area contributed by atoms with Crippen LogP contribution in [0.1, 0.15) is 87.3 Å². The van der Waals surface area contributed by atoms with E-state index in [1.54, 1.807) is 38.1 Å². The largest absolute Gasteiger partial charge is 0.507 e. The van der Waals surface area contributed by atoms with Crippen LogP contribution in [0.3, 0.4) is 0 Å². The van der Waals surface area contributed by atoms with Crippen molar-refractivity contribution >= 4 is 29.8 Å². The minimum Gasteiger partial charge on any atom is -0.507 e. The lowest BCUT2D eigenvalue weighted by Crippen LogP contribution is -2.40. The Labute approximate surface area is 322 Å². The molecule has 57 heavy (non-hydrogen) atoms. The lowest BCUT2D eigenvalue weighted by atomic mass is 9.69. The average molecular weight is 787 g/mol. The van der Waals surface area contributed by atoms with Crippen LogP contribution in [0.25, 0.3) is 0 Å². The van der Waals surface area contributed by atoms with Gasteiger partial charge in [-0.1, -0.05) is 32.0 Å². The molecule has 298 valence electrons. The van der Waals surface area contributed by atoms with Crippen molar-refractivity contribution in [3.63, 3.8) is 0 Å². The number of esters is 1. The van der Waals surface area contributed by atoms with E-state index in [0.717, 1.165) is 0 Å². The van der Waals surface area contributed by atoms with E-state index in [2.05, 4.69) is 0 Å². The number of carbonyl (C=O) groups is 5. The van der Waals surface area contributed by atoms with Crippen molar-refractivity contribution in [2.24, 2.45) is 0 Å². The van der Waals surface area contributed by atoms with Crippen molar-refractivity contribution in [1.82, 2.24) is 9.80 Å². The monoisotopic (exact) mass is 786 g/mol. The number of nitrogens with zero attached hydrogens (tertiary/aromatic N) is 2. The highest BCUT2D eigenvalue weighted by Gasteiger charge is 2.91. The molecular formula is C40H38N2O15. The topological polar surface area (TPSA) is 272 Å². The van der Waals surface area contributed by atoms with Gasteiger partial charge in [0.2, 0.25) is 0 Å². The van der Waals surface area contributed by atoms with Gasteiger partial charge in [0.05, 0.1) is 33.9 Å². The molecule has 6 heterocycles. The SMILES string of the molecule is CCc1c(CCO)c(O)c(CC23C(C(=O)O)N2C3C(=O)O)c2c1C1(OC(=O)c3ccccc31)c1c(CC)c(C(C)O)c(O)c(CC34C(C(=O)O)N3C4C(=O)O)c1O2. The fourth-order valence-electron chi connectivity index (χ4n) is 10.8. The molecule has 17 nitrogen and oxygen atoms in total. The third-order valence-corrected chi connectivity index (χ3v) is 13.1. The summed E-state index contributed by atoms with van der Waals surface area (Å²) in [7, 11) is 0. The molecule has 6 unspecified atom stereocenters. The molecule has 0 amide bonds. The van der Waals surface area contributed by atoms with Crippen LogP contribution in [-0.2, 0) is 61.6 Å². The second-order valence-electron chi connectivity index (χ2n) is 15.6. The third-order valence-electron chi connectivity index (χ3n) is 13.1. The molecule has 0 bridgehead atoms. The van der Waals surface area contributed by atoms with Crippen molar-refractivity contribution in [3.8, 4) is 23.0 Å². The second-order valence-corrected chi connectivity index (χ2v) is 15.6. The predicted octanol–water partition coefficient (Wildman–Crippen LogP) is 1.41. The van der Waals surface area contributed by atoms with Crippen molar-refractivity contribution in [3.05, 3.63) is 79.9 Å². The van der Waals surface area contributed by atoms with Crippen LogP contribution < -0.4 is 4.74 Å². The standard InChI is InChI=1S/C40H38N2O15/c1-4-15-17(10-11-43)25(45)19(12-38-29(33(47)48)41(38)30(38)34(49)50)27-23(15)40(21-9-7-6-8-18(21)37(55)57-40)24-16(5-2)22(14(3)44)26(46)20(28(24)56-27)13-39-31(35(51)52)42(39)32(39)36(53)54/h6-9,14,29-32,43-46H,4-5,10-13H2,1-3H3,(H,47,48)(H,49,50)(H,51,52)(H,53,54). The molecule has 4 saturated heterocycles. The van der Waals surface area contributed by atoms with Gasteiger partial charge in [-0.3, -0.25) is 29.0 Å². The normalized spacial score (nSPS) is 31.8. The molecule has 6 atom stereocenters. The second kappa shape index (κ2) is 11.7. The molecule has 8 N–H and O–H groups in total. The maximum Gasteiger partial charge on any atom is 0.340 e. The number of rotatable bonds is 13. The smallest absolute Gasteiger partial charge is 0.340 e. The fraction of sp³-hybridized carbons (Fsp3) is 0.425. The molecule has 6 aliphatic heterocycles. The van der Waals surface area contributed by atoms with Gasteiger partial charge < -0.3 is 50.3 Å². The van der Waals surface area contributed by atoms with E-state index < -0.39 is 101 Å². The number of aliphatic carboxylic acids is 4. The molecule has 6 aliphatic rings. The van der Waals surface area contributed by atoms with Crippen molar-refractivity contribution in [2.75, 3.05) is 6.61 Å². The number of fused-ring (bicyclic) bond motifs is 8. The quantitative estimate of drug-likeness (QED) is 0.0899. The Morgan fingerprint density at radius 2 is 1.21 bits per heavy atom. The molecule has 0 aromatic heterocycles. The number of benzene rings is 3. The van der Waals surface area contributed by atoms with Crippen LogP contribution >= 0.6 is 0 Å². The number of carboxylic acids is 4. The third kappa shape index (κ3) is 4.28. The summed E-state index contributed by atoms with van der Waals surface area (Å²) in [5.74, 6) is -7.14. The Morgan fingerprint density at radius 1 is 0.737 bits per heavy atom. The zero-order chi connectivity index (χ0) is 41.0. The molecule has 0 saturated carbocycles. The number of hydrogen-bond donors (Lipinski definition) is 8. The number of hydrogen-bond acceptors (Lipinski definition) is 13. The molecule has 9 rings (SSSR count). The van der Waals surface area contributed by atoms with Crippen molar-refractivity contribution in [2.45, 2.75) is 99.8 Å². The number of carbonyl (C=O) groups excluding carboxylic acids is 1. The summed E-state index contributed by atoms with van der Waals surface area (Å²) in [5, 5.41) is 86.1. The van der Waals surface area contributed by atoms with Crippen LogP contribution in [0, 0.1) is 0 Å². The van der Waals surface area contributed by atoms with E-state index in [-0.39, 0.29) is 76.1 Å². The summed E-state index contributed by atoms with van der Waals surface area (Å²) in [4.78, 5) is 66.0. The first-order valence-electron chi connectivity index (χ1n) is 18.6. The van der Waals surface area contributed by atoms with Crippen LogP contribution in [0.4, 0.5) is 0 Å². The molecular weight excluding hydrogens is 748 g/mol. The van der Waals surface area contributed by atoms with Gasteiger partial charge in [-0.2, -0.15) is 0 Å². The maximum absolute atomic E-state index is 14.1. The van der Waals surface area contributed by atoms with E-state index in [9.17, 15) is 64.8 Å². The molecule has 0 radical (unpaired) electrons. The molecule has 0 aliphatic carbocycles. The van der Waals surface area contributed by atoms with E-state index in [1.165, 1.54) is 16.7 Å². The van der Waals surface area contributed by atoms with Crippen LogP contribution in [0.5, 0.6) is 23.0 Å². The number of aromatic hydroxyl groups is 2. The van der Waals surface area contributed by atoms with Crippen LogP contribution in [-0.4, -0.2) is 122 Å². The molecule has 3 aromatic rings. The van der Waals surface area contributed by atoms with E-state index in [1.807, 2.05) is 0 Å². The Morgan fingerprint density at radius 3 is 1.67 bits per heavy atom. The van der Waals surface area contributed by atoms with Gasteiger partial charge in [-0.05, 0) is 43.4 Å². The van der Waals surface area contributed by atoms with E-state index in [0.29, 0.717) is 16.7 Å². The number of phenolic OH excluding ortho intramolecular Hbond substituents is 2. The molecule has 3 aromatic carbocycles. The maximum atomic E-state index is 14.1. The Hall–Kier alpha value is -5.75. The average Bonchev–Trinajstić information content (AvgIpc) is 4.08. The zero-order valence-corrected chi connectivity index (χ0v) is 30.8. The summed E-state index contributed by atoms with van der Waals surface area (Å²) in [5.41, 5.74) is -3.39. The van der Waals surface area contributed by atoms with Gasteiger partial charge in [0.15, 0.2) is 5.60 Å². The number of carboxylic acid groups (broad SMARTS) is 4. The lowest BCUT2D eigenvalue weighted by molar-refractivity contribution is -0.144. The van der Waals surface area contributed by atoms with Gasteiger partial charge in [-0.25, -0.2) is 4.79 Å². The first kappa shape index (κ1) is 36.9. The number of aliphatic hydroxyl groups excluding tert-OH is 2. The lowest BCUT2D eigenvalue weighted by Gasteiger charge is -2.42.